The van der Waals surface area contributed by atoms with Crippen molar-refractivity contribution in [3.8, 4) is 11.8 Å². The number of carbonyl (C=O) groups is 1. The highest BCUT2D eigenvalue weighted by Gasteiger charge is 2.32. The molecule has 0 bridgehead atoms. The Kier molecular flexibility index (Phi) is 4.19. The van der Waals surface area contributed by atoms with Crippen LogP contribution in [0.3, 0.4) is 0 Å². The van der Waals surface area contributed by atoms with E-state index < -0.39 is 24.5 Å². The number of carboxylic acid groups (broad SMARTS) is 1. The van der Waals surface area contributed by atoms with Crippen molar-refractivity contribution in [2.75, 3.05) is 0 Å². The molecule has 4 nitrogen and oxygen atoms in total. The van der Waals surface area contributed by atoms with Gasteiger partial charge in [-0.05, 0) is 33.6 Å². The number of hydrogen-bond donors (Lipinski definition) is 1. The van der Waals surface area contributed by atoms with E-state index >= 15 is 0 Å². The third-order valence-electron chi connectivity index (χ3n) is 1.85. The van der Waals surface area contributed by atoms with Crippen LogP contribution < -0.4 is 4.74 Å². The fraction of sp³-hybridized carbons (Fsp3) is 0.200. The molecule has 0 spiro atoms. The maximum Gasteiger partial charge on any atom is 0.573 e. The molecule has 1 rings (SSSR count). The average molecular weight is 324 g/mol. The highest BCUT2D eigenvalue weighted by Crippen LogP contribution is 2.33. The summed E-state index contributed by atoms with van der Waals surface area (Å²) in [5, 5.41) is 17.3. The molecule has 0 aromatic heterocycles. The number of hydrogen-bond acceptors (Lipinski definition) is 3. The Balaban J connectivity index is 3.22. The molecule has 0 atom stereocenters. The molecule has 0 aliphatic carbocycles. The second kappa shape index (κ2) is 5.27. The van der Waals surface area contributed by atoms with E-state index in [4.69, 9.17) is 10.4 Å². The van der Waals surface area contributed by atoms with Crippen molar-refractivity contribution in [1.29, 1.82) is 5.26 Å². The van der Waals surface area contributed by atoms with E-state index in [2.05, 4.69) is 20.7 Å². The lowest BCUT2D eigenvalue weighted by Crippen LogP contribution is -2.18. The molecule has 0 heterocycles. The van der Waals surface area contributed by atoms with E-state index in [-0.39, 0.29) is 15.6 Å². The summed E-state index contributed by atoms with van der Waals surface area (Å²) in [6, 6.07) is 3.66. The Morgan fingerprint density at radius 1 is 1.50 bits per heavy atom. The van der Waals surface area contributed by atoms with Crippen LogP contribution >= 0.6 is 15.9 Å². The van der Waals surface area contributed by atoms with E-state index in [9.17, 15) is 18.0 Å². The summed E-state index contributed by atoms with van der Waals surface area (Å²) < 4.78 is 39.8. The zero-order valence-corrected chi connectivity index (χ0v) is 10.2. The van der Waals surface area contributed by atoms with Crippen molar-refractivity contribution in [2.24, 2.45) is 0 Å². The molecule has 1 aromatic carbocycles. The van der Waals surface area contributed by atoms with Crippen LogP contribution in [0.1, 0.15) is 11.1 Å². The molecule has 8 heteroatoms. The van der Waals surface area contributed by atoms with Crippen molar-refractivity contribution >= 4 is 21.9 Å². The number of ether oxygens (including phenoxy) is 1. The lowest BCUT2D eigenvalue weighted by molar-refractivity contribution is -0.274. The first-order valence-electron chi connectivity index (χ1n) is 4.43. The Morgan fingerprint density at radius 2 is 2.11 bits per heavy atom. The fourth-order valence-corrected chi connectivity index (χ4v) is 1.64. The van der Waals surface area contributed by atoms with Crippen LogP contribution in [0.4, 0.5) is 13.2 Å². The van der Waals surface area contributed by atoms with Crippen LogP contribution in [0.25, 0.3) is 0 Å². The summed E-state index contributed by atoms with van der Waals surface area (Å²) in [5.74, 6) is -1.84. The fourth-order valence-electron chi connectivity index (χ4n) is 1.21. The van der Waals surface area contributed by atoms with Gasteiger partial charge < -0.3 is 9.84 Å². The number of nitriles is 1. The first-order chi connectivity index (χ1) is 8.23. The maximum atomic E-state index is 12.1. The number of carboxylic acids is 1. The predicted octanol–water partition coefficient (Wildman–Crippen LogP) is 2.85. The number of rotatable bonds is 3. The third kappa shape index (κ3) is 3.92. The topological polar surface area (TPSA) is 70.3 Å². The van der Waals surface area contributed by atoms with Crippen LogP contribution in [0.2, 0.25) is 0 Å². The van der Waals surface area contributed by atoms with E-state index in [1.165, 1.54) is 0 Å². The van der Waals surface area contributed by atoms with Gasteiger partial charge in [-0.2, -0.15) is 5.26 Å². The molecule has 0 saturated heterocycles. The van der Waals surface area contributed by atoms with Gasteiger partial charge in [0.15, 0.2) is 0 Å². The summed E-state index contributed by atoms with van der Waals surface area (Å²) in [6.45, 7) is 0. The summed E-state index contributed by atoms with van der Waals surface area (Å²) in [6.07, 6.45) is -5.46. The van der Waals surface area contributed by atoms with Crippen molar-refractivity contribution in [3.63, 3.8) is 0 Å². The number of benzene rings is 1. The van der Waals surface area contributed by atoms with E-state index in [0.717, 1.165) is 12.1 Å². The monoisotopic (exact) mass is 323 g/mol. The molecule has 0 saturated carbocycles. The van der Waals surface area contributed by atoms with Crippen LogP contribution in [0.15, 0.2) is 16.6 Å². The van der Waals surface area contributed by atoms with Crippen molar-refractivity contribution < 1.29 is 27.8 Å². The Hall–Kier alpha value is -1.75. The van der Waals surface area contributed by atoms with Crippen molar-refractivity contribution in [2.45, 2.75) is 12.8 Å². The lowest BCUT2D eigenvalue weighted by atomic mass is 10.1. The molecule has 0 radical (unpaired) electrons. The summed E-state index contributed by atoms with van der Waals surface area (Å²) >= 11 is 2.82. The smallest absolute Gasteiger partial charge is 0.481 e. The highest BCUT2D eigenvalue weighted by atomic mass is 79.9. The summed E-state index contributed by atoms with van der Waals surface area (Å²) in [7, 11) is 0. The highest BCUT2D eigenvalue weighted by molar-refractivity contribution is 9.10. The second-order valence-electron chi connectivity index (χ2n) is 3.17. The number of halogens is 4. The molecule has 0 unspecified atom stereocenters. The van der Waals surface area contributed by atoms with Gasteiger partial charge >= 0.3 is 12.3 Å². The molecule has 0 fully saturated rings. The first kappa shape index (κ1) is 14.3. The van der Waals surface area contributed by atoms with Crippen LogP contribution in [-0.4, -0.2) is 17.4 Å². The molecule has 18 heavy (non-hydrogen) atoms. The van der Waals surface area contributed by atoms with Gasteiger partial charge in [0.1, 0.15) is 5.75 Å². The molecule has 0 aliphatic heterocycles. The van der Waals surface area contributed by atoms with Gasteiger partial charge in [-0.25, -0.2) is 0 Å². The van der Waals surface area contributed by atoms with Crippen LogP contribution in [-0.2, 0) is 11.2 Å². The van der Waals surface area contributed by atoms with Gasteiger partial charge in [0.05, 0.1) is 22.5 Å². The normalized spacial score (nSPS) is 10.8. The first-order valence-corrected chi connectivity index (χ1v) is 5.22. The zero-order valence-electron chi connectivity index (χ0n) is 8.58. The minimum atomic E-state index is -4.89. The molecule has 1 N–H and O–H groups in total. The minimum Gasteiger partial charge on any atom is -0.481 e. The predicted molar refractivity (Wildman–Crippen MR) is 56.9 cm³/mol. The number of alkyl halides is 3. The van der Waals surface area contributed by atoms with Crippen molar-refractivity contribution in [1.82, 2.24) is 0 Å². The SMILES string of the molecule is N#Cc1cc(Br)c(OC(F)(F)F)cc1CC(=O)O. The maximum absolute atomic E-state index is 12.1. The molecular formula is C10H5BrF3NO3. The molecular weight excluding hydrogens is 319 g/mol. The second-order valence-corrected chi connectivity index (χ2v) is 4.02. The van der Waals surface area contributed by atoms with Gasteiger partial charge in [-0.15, -0.1) is 13.2 Å². The van der Waals surface area contributed by atoms with E-state index in [1.807, 2.05) is 0 Å². The van der Waals surface area contributed by atoms with Crippen LogP contribution in [0, 0.1) is 11.3 Å². The lowest BCUT2D eigenvalue weighted by Gasteiger charge is -2.12. The minimum absolute atomic E-state index is 0.0289. The standard InChI is InChI=1S/C10H5BrF3NO3/c11-7-1-6(4-15)5(3-9(16)17)2-8(7)18-10(12,13)14/h1-2H,3H2,(H,16,17). The Bertz CT molecular complexity index is 522. The average Bonchev–Trinajstić information content (AvgIpc) is 2.19. The summed E-state index contributed by atoms with van der Waals surface area (Å²) in [4.78, 5) is 10.5. The van der Waals surface area contributed by atoms with E-state index in [1.54, 1.807) is 6.07 Å². The van der Waals surface area contributed by atoms with Gasteiger partial charge in [0.2, 0.25) is 0 Å². The van der Waals surface area contributed by atoms with Gasteiger partial charge in [-0.1, -0.05) is 0 Å². The van der Waals surface area contributed by atoms with Crippen LogP contribution in [0.5, 0.6) is 5.75 Å². The largest absolute Gasteiger partial charge is 0.573 e. The van der Waals surface area contributed by atoms with Gasteiger partial charge in [0, 0.05) is 0 Å². The quantitative estimate of drug-likeness (QED) is 0.928. The molecule has 0 aliphatic rings. The van der Waals surface area contributed by atoms with Crippen molar-refractivity contribution in [3.05, 3.63) is 27.7 Å². The number of aliphatic carboxylic acids is 1. The van der Waals surface area contributed by atoms with E-state index in [0.29, 0.717) is 0 Å². The van der Waals surface area contributed by atoms with Gasteiger partial charge in [-0.3, -0.25) is 4.79 Å². The van der Waals surface area contributed by atoms with Gasteiger partial charge in [0.25, 0.3) is 0 Å². The Morgan fingerprint density at radius 3 is 2.56 bits per heavy atom. The molecule has 0 amide bonds. The zero-order chi connectivity index (χ0) is 13.9. The molecule has 1 aromatic rings. The summed E-state index contributed by atoms with van der Waals surface area (Å²) in [5.41, 5.74) is -0.0775. The number of nitrogens with zero attached hydrogens (tertiary/aromatic N) is 1. The third-order valence-corrected chi connectivity index (χ3v) is 2.47. The molecule has 96 valence electrons. The Labute approximate surface area is 108 Å².